The maximum Gasteiger partial charge on any atom is 0.143 e. The van der Waals surface area contributed by atoms with Gasteiger partial charge in [0.05, 0.1) is 5.69 Å². The largest absolute Gasteiger partial charge is 0.456 e. The second kappa shape index (κ2) is 13.4. The molecular formula is C56H35NO2. The van der Waals surface area contributed by atoms with Crippen LogP contribution in [0.15, 0.2) is 221 Å². The predicted octanol–water partition coefficient (Wildman–Crippen LogP) is 16.3. The van der Waals surface area contributed by atoms with E-state index in [9.17, 15) is 0 Å². The Hall–Kier alpha value is -7.88. The zero-order valence-electron chi connectivity index (χ0n) is 32.0. The minimum absolute atomic E-state index is 0.889. The summed E-state index contributed by atoms with van der Waals surface area (Å²) in [7, 11) is 0. The Morgan fingerprint density at radius 3 is 1.69 bits per heavy atom. The molecule has 59 heavy (non-hydrogen) atoms. The Balaban J connectivity index is 0.999. The Morgan fingerprint density at radius 1 is 0.305 bits per heavy atom. The fraction of sp³-hybridized carbons (Fsp3) is 0. The van der Waals surface area contributed by atoms with Crippen LogP contribution in [0, 0.1) is 0 Å². The lowest BCUT2D eigenvalue weighted by Gasteiger charge is -2.27. The molecule has 0 atom stereocenters. The molecule has 0 fully saturated rings. The van der Waals surface area contributed by atoms with E-state index in [0.717, 1.165) is 94.3 Å². The zero-order valence-corrected chi connectivity index (χ0v) is 32.0. The molecule has 2 aromatic heterocycles. The normalized spacial score (nSPS) is 11.7. The lowest BCUT2D eigenvalue weighted by molar-refractivity contribution is 0.669. The molecule has 10 aromatic carbocycles. The molecule has 2 heterocycles. The first kappa shape index (κ1) is 33.3. The molecule has 0 aliphatic heterocycles. The predicted molar refractivity (Wildman–Crippen MR) is 247 cm³/mol. The lowest BCUT2D eigenvalue weighted by atomic mass is 9.94. The van der Waals surface area contributed by atoms with Gasteiger partial charge in [-0.3, -0.25) is 0 Å². The number of nitrogens with zero attached hydrogens (tertiary/aromatic N) is 1. The zero-order chi connectivity index (χ0) is 38.9. The molecule has 0 radical (unpaired) electrons. The molecule has 0 saturated heterocycles. The summed E-state index contributed by atoms with van der Waals surface area (Å²) < 4.78 is 12.8. The Labute approximate surface area is 340 Å². The maximum absolute atomic E-state index is 6.61. The van der Waals surface area contributed by atoms with E-state index in [0.29, 0.717) is 0 Å². The molecular weight excluding hydrogens is 719 g/mol. The second-order valence-electron chi connectivity index (χ2n) is 15.2. The van der Waals surface area contributed by atoms with Crippen LogP contribution in [0.5, 0.6) is 0 Å². The van der Waals surface area contributed by atoms with Crippen molar-refractivity contribution in [3.8, 4) is 33.4 Å². The van der Waals surface area contributed by atoms with Gasteiger partial charge in [-0.05, 0) is 105 Å². The highest BCUT2D eigenvalue weighted by Gasteiger charge is 2.20. The lowest BCUT2D eigenvalue weighted by Crippen LogP contribution is -2.10. The third-order valence-electron chi connectivity index (χ3n) is 11.9. The van der Waals surface area contributed by atoms with Crippen molar-refractivity contribution < 1.29 is 8.83 Å². The summed E-state index contributed by atoms with van der Waals surface area (Å²) in [6, 6.07) is 75.8. The summed E-state index contributed by atoms with van der Waals surface area (Å²) in [5.74, 6) is 0. The standard InChI is InChI=1S/C56H35NO2/c1-2-11-37(12-3-1)45-33-32-44(55-49-16-7-9-20-53(49)59-56(45)55)39-23-29-42(30-24-39)57(51-18-10-17-46-43-14-5-4-13-38(43)25-31-47(46)51)41-27-21-36(22-28-41)40-26-34-54-50(35-40)48-15-6-8-19-52(48)58-54/h1-35H. The molecule has 0 aliphatic rings. The van der Waals surface area contributed by atoms with Gasteiger partial charge in [-0.15, -0.1) is 0 Å². The molecule has 0 aliphatic carbocycles. The summed E-state index contributed by atoms with van der Waals surface area (Å²) >= 11 is 0. The van der Waals surface area contributed by atoms with E-state index in [4.69, 9.17) is 8.83 Å². The molecule has 0 N–H and O–H groups in total. The topological polar surface area (TPSA) is 29.5 Å². The summed E-state index contributed by atoms with van der Waals surface area (Å²) in [6.45, 7) is 0. The van der Waals surface area contributed by atoms with Crippen molar-refractivity contribution >= 4 is 82.5 Å². The van der Waals surface area contributed by atoms with Crippen molar-refractivity contribution in [1.82, 2.24) is 0 Å². The molecule has 0 saturated carbocycles. The molecule has 0 unspecified atom stereocenters. The molecule has 3 heteroatoms. The smallest absolute Gasteiger partial charge is 0.143 e. The van der Waals surface area contributed by atoms with Gasteiger partial charge in [-0.25, -0.2) is 0 Å². The van der Waals surface area contributed by atoms with E-state index in [1.165, 1.54) is 21.5 Å². The molecule has 12 rings (SSSR count). The number of anilines is 3. The van der Waals surface area contributed by atoms with Gasteiger partial charge in [0.25, 0.3) is 0 Å². The van der Waals surface area contributed by atoms with Crippen LogP contribution < -0.4 is 4.90 Å². The Morgan fingerprint density at radius 2 is 0.898 bits per heavy atom. The Kier molecular flexibility index (Phi) is 7.54. The van der Waals surface area contributed by atoms with Crippen molar-refractivity contribution in [3.63, 3.8) is 0 Å². The van der Waals surface area contributed by atoms with Gasteiger partial charge in [0.15, 0.2) is 0 Å². The number of furan rings is 2. The van der Waals surface area contributed by atoms with Crippen molar-refractivity contribution in [2.24, 2.45) is 0 Å². The highest BCUT2D eigenvalue weighted by molar-refractivity contribution is 6.17. The molecule has 12 aromatic rings. The van der Waals surface area contributed by atoms with Crippen molar-refractivity contribution in [1.29, 1.82) is 0 Å². The van der Waals surface area contributed by atoms with E-state index in [-0.39, 0.29) is 0 Å². The molecule has 0 spiro atoms. The van der Waals surface area contributed by atoms with E-state index in [2.05, 4.69) is 199 Å². The van der Waals surface area contributed by atoms with Crippen LogP contribution in [0.25, 0.3) is 98.8 Å². The molecule has 276 valence electrons. The van der Waals surface area contributed by atoms with Crippen LogP contribution in [-0.2, 0) is 0 Å². The van der Waals surface area contributed by atoms with Crippen LogP contribution >= 0.6 is 0 Å². The van der Waals surface area contributed by atoms with Crippen LogP contribution in [-0.4, -0.2) is 0 Å². The van der Waals surface area contributed by atoms with Gasteiger partial charge in [-0.2, -0.15) is 0 Å². The van der Waals surface area contributed by atoms with Crippen molar-refractivity contribution in [3.05, 3.63) is 212 Å². The fourth-order valence-corrected chi connectivity index (χ4v) is 9.06. The van der Waals surface area contributed by atoms with E-state index >= 15 is 0 Å². The minimum Gasteiger partial charge on any atom is -0.456 e. The highest BCUT2D eigenvalue weighted by Crippen LogP contribution is 2.45. The van der Waals surface area contributed by atoms with Gasteiger partial charge in [0.1, 0.15) is 22.3 Å². The molecule has 0 bridgehead atoms. The monoisotopic (exact) mass is 753 g/mol. The highest BCUT2D eigenvalue weighted by atomic mass is 16.3. The molecule has 0 amide bonds. The van der Waals surface area contributed by atoms with Crippen LogP contribution in [0.4, 0.5) is 17.1 Å². The van der Waals surface area contributed by atoms with Gasteiger partial charge >= 0.3 is 0 Å². The number of benzene rings is 10. The maximum atomic E-state index is 6.61. The third-order valence-corrected chi connectivity index (χ3v) is 11.9. The van der Waals surface area contributed by atoms with E-state index in [1.54, 1.807) is 0 Å². The van der Waals surface area contributed by atoms with E-state index < -0.39 is 0 Å². The summed E-state index contributed by atoms with van der Waals surface area (Å²) in [6.07, 6.45) is 0. The minimum atomic E-state index is 0.889. The number of hydrogen-bond acceptors (Lipinski definition) is 3. The average molecular weight is 754 g/mol. The van der Waals surface area contributed by atoms with E-state index in [1.807, 2.05) is 18.2 Å². The van der Waals surface area contributed by atoms with Crippen molar-refractivity contribution in [2.75, 3.05) is 4.90 Å². The quantitative estimate of drug-likeness (QED) is 0.158. The first-order valence-corrected chi connectivity index (χ1v) is 20.1. The number of fused-ring (bicyclic) bond motifs is 9. The number of para-hydroxylation sites is 2. The summed E-state index contributed by atoms with van der Waals surface area (Å²) in [4.78, 5) is 2.39. The second-order valence-corrected chi connectivity index (χ2v) is 15.2. The van der Waals surface area contributed by atoms with Gasteiger partial charge in [-0.1, -0.05) is 152 Å². The van der Waals surface area contributed by atoms with Gasteiger partial charge in [0.2, 0.25) is 0 Å². The third kappa shape index (κ3) is 5.44. The fourth-order valence-electron chi connectivity index (χ4n) is 9.06. The number of hydrogen-bond donors (Lipinski definition) is 0. The van der Waals surface area contributed by atoms with Crippen LogP contribution in [0.1, 0.15) is 0 Å². The SMILES string of the molecule is c1ccc(-c2ccc(-c3ccc(N(c4ccc(-c5ccc6oc7ccccc7c6c5)cc4)c4cccc5c4ccc4ccccc45)cc3)c3c2oc2ccccc23)cc1. The van der Waals surface area contributed by atoms with Crippen molar-refractivity contribution in [2.45, 2.75) is 0 Å². The summed E-state index contributed by atoms with van der Waals surface area (Å²) in [5, 5.41) is 9.40. The average Bonchev–Trinajstić information content (AvgIpc) is 3.88. The number of rotatable bonds is 6. The van der Waals surface area contributed by atoms with Crippen LogP contribution in [0.3, 0.4) is 0 Å². The van der Waals surface area contributed by atoms with Gasteiger partial charge < -0.3 is 13.7 Å². The van der Waals surface area contributed by atoms with Crippen LogP contribution in [0.2, 0.25) is 0 Å². The first-order chi connectivity index (χ1) is 29.2. The first-order valence-electron chi connectivity index (χ1n) is 20.1. The summed E-state index contributed by atoms with van der Waals surface area (Å²) in [5.41, 5.74) is 13.7. The van der Waals surface area contributed by atoms with Gasteiger partial charge in [0, 0.05) is 43.9 Å². The Bertz CT molecular complexity index is 3540. The molecule has 3 nitrogen and oxygen atoms in total.